The molecule has 2 heteroatoms. The van der Waals surface area contributed by atoms with E-state index < -0.39 is 0 Å². The van der Waals surface area contributed by atoms with Gasteiger partial charge in [-0.3, -0.25) is 10.5 Å². The minimum atomic E-state index is -0.0833. The van der Waals surface area contributed by atoms with Gasteiger partial charge in [-0.15, -0.1) is 0 Å². The van der Waals surface area contributed by atoms with Crippen LogP contribution in [0.4, 0.5) is 0 Å². The first-order chi connectivity index (χ1) is 2.27. The number of carbonyl (C=O) groups excluding carboxylic acids is 1. The van der Waals surface area contributed by atoms with E-state index >= 15 is 0 Å². The van der Waals surface area contributed by atoms with Gasteiger partial charge in [-0.25, -0.2) is 0 Å². The van der Waals surface area contributed by atoms with E-state index in [4.69, 9.17) is 5.73 Å². The van der Waals surface area contributed by atoms with Crippen molar-refractivity contribution in [1.82, 2.24) is 5.73 Å². The van der Waals surface area contributed by atoms with Gasteiger partial charge in [0.25, 0.3) is 0 Å². The Morgan fingerprint density at radius 1 is 2.00 bits per heavy atom. The molecule has 0 saturated carbocycles. The fourth-order valence-electron chi connectivity index (χ4n) is 0. The molecule has 0 saturated heterocycles. The molecule has 0 aromatic rings. The zero-order valence-electron chi connectivity index (χ0n) is 3.12. The van der Waals surface area contributed by atoms with E-state index in [0.717, 1.165) is 0 Å². The third kappa shape index (κ3) is 3.63. The maximum absolute atomic E-state index is 9.62. The Hall–Kier alpha value is -0.370. The summed E-state index contributed by atoms with van der Waals surface area (Å²) in [5.74, 6) is -0.0787. The van der Waals surface area contributed by atoms with Gasteiger partial charge in [0.1, 0.15) is 5.78 Å². The van der Waals surface area contributed by atoms with E-state index in [1.807, 2.05) is 0 Å². The first-order valence-corrected chi connectivity index (χ1v) is 1.41. The molecule has 0 fully saturated rings. The first kappa shape index (κ1) is 4.63. The molecule has 2 nitrogen and oxygen atoms in total. The van der Waals surface area contributed by atoms with Crippen LogP contribution >= 0.6 is 0 Å². The predicted octanol–water partition coefficient (Wildman–Crippen LogP) is -0.142. The van der Waals surface area contributed by atoms with Crippen molar-refractivity contribution in [3.8, 4) is 0 Å². The van der Waals surface area contributed by atoms with Gasteiger partial charge in [0.2, 0.25) is 0 Å². The van der Waals surface area contributed by atoms with Crippen LogP contribution in [0.2, 0.25) is 0 Å². The van der Waals surface area contributed by atoms with E-state index in [0.29, 0.717) is 0 Å². The summed E-state index contributed by atoms with van der Waals surface area (Å²) in [6.45, 7) is 1.31. The van der Waals surface area contributed by atoms with E-state index in [1.165, 1.54) is 6.92 Å². The molecule has 0 heterocycles. The highest BCUT2D eigenvalue weighted by Crippen LogP contribution is 1.54. The number of hydrogen-bond donors (Lipinski definition) is 0. The Bertz CT molecular complexity index is 42.2. The van der Waals surface area contributed by atoms with Gasteiger partial charge in [0.15, 0.2) is 0 Å². The second kappa shape index (κ2) is 1.91. The van der Waals surface area contributed by atoms with Crippen molar-refractivity contribution in [3.63, 3.8) is 0 Å². The highest BCUT2D eigenvalue weighted by Gasteiger charge is 1.78. The quantitative estimate of drug-likeness (QED) is 0.425. The van der Waals surface area contributed by atoms with Crippen LogP contribution in [0.3, 0.4) is 0 Å². The molecule has 0 rings (SSSR count). The van der Waals surface area contributed by atoms with Crippen molar-refractivity contribution in [2.24, 2.45) is 0 Å². The Morgan fingerprint density at radius 2 is 2.20 bits per heavy atom. The van der Waals surface area contributed by atoms with E-state index in [2.05, 4.69) is 0 Å². The number of nitrogens with one attached hydrogen (secondary N) is 1. The van der Waals surface area contributed by atoms with E-state index in [9.17, 15) is 4.79 Å². The fraction of sp³-hybridized carbons (Fsp3) is 0.667. The van der Waals surface area contributed by atoms with Crippen LogP contribution in [0.1, 0.15) is 6.92 Å². The van der Waals surface area contributed by atoms with Crippen LogP contribution < -0.4 is 5.73 Å². The van der Waals surface area contributed by atoms with Gasteiger partial charge in [-0.05, 0) is 6.92 Å². The molecule has 0 aliphatic rings. The zero-order chi connectivity index (χ0) is 4.28. The summed E-state index contributed by atoms with van der Waals surface area (Å²) in [5, 5.41) is 0. The SMILES string of the molecule is CC(=O)C[NH]. The second-order valence-electron chi connectivity index (χ2n) is 0.879. The van der Waals surface area contributed by atoms with Crippen molar-refractivity contribution in [3.05, 3.63) is 0 Å². The molecular formula is C3H6NO. The van der Waals surface area contributed by atoms with Crippen LogP contribution in [0.25, 0.3) is 0 Å². The normalized spacial score (nSPS) is 7.60. The monoisotopic (exact) mass is 72.0 g/mol. The lowest BCUT2D eigenvalue weighted by molar-refractivity contribution is -0.115. The molecule has 1 N–H and O–H groups in total. The molecule has 29 valence electrons. The standard InChI is InChI=1S/C3H6NO/c1-3(5)2-4/h4H,2H2,1H3. The predicted molar refractivity (Wildman–Crippen MR) is 18.6 cm³/mol. The fourth-order valence-corrected chi connectivity index (χ4v) is 0. The van der Waals surface area contributed by atoms with Gasteiger partial charge in [0, 0.05) is 0 Å². The summed E-state index contributed by atoms with van der Waals surface area (Å²) in [6.07, 6.45) is 0. The molecule has 0 unspecified atom stereocenters. The molecule has 0 amide bonds. The Morgan fingerprint density at radius 3 is 2.20 bits per heavy atom. The molecule has 1 radical (unpaired) electrons. The molecule has 0 bridgehead atoms. The van der Waals surface area contributed by atoms with Gasteiger partial charge >= 0.3 is 0 Å². The van der Waals surface area contributed by atoms with Crippen LogP contribution in [0, 0.1) is 0 Å². The minimum absolute atomic E-state index is 0.0787. The van der Waals surface area contributed by atoms with Gasteiger partial charge in [0.05, 0.1) is 6.54 Å². The van der Waals surface area contributed by atoms with Crippen LogP contribution in [-0.2, 0) is 4.79 Å². The summed E-state index contributed by atoms with van der Waals surface area (Å²) in [5.41, 5.74) is 6.31. The Labute approximate surface area is 31.0 Å². The molecule has 0 aromatic heterocycles. The highest BCUT2D eigenvalue weighted by atomic mass is 16.1. The van der Waals surface area contributed by atoms with Crippen molar-refractivity contribution in [1.29, 1.82) is 0 Å². The molecule has 0 atom stereocenters. The van der Waals surface area contributed by atoms with Crippen molar-refractivity contribution >= 4 is 5.78 Å². The lowest BCUT2D eigenvalue weighted by Gasteiger charge is -1.71. The van der Waals surface area contributed by atoms with Crippen LogP contribution in [-0.4, -0.2) is 12.3 Å². The first-order valence-electron chi connectivity index (χ1n) is 1.41. The van der Waals surface area contributed by atoms with Crippen LogP contribution in [0.5, 0.6) is 0 Å². The lowest BCUT2D eigenvalue weighted by atomic mass is 10.5. The Kier molecular flexibility index (Phi) is 1.76. The smallest absolute Gasteiger partial charge is 0.144 e. The lowest BCUT2D eigenvalue weighted by Crippen LogP contribution is -1.96. The largest absolute Gasteiger partial charge is 0.299 e. The molecule has 0 aliphatic carbocycles. The van der Waals surface area contributed by atoms with Gasteiger partial charge in [-0.1, -0.05) is 0 Å². The summed E-state index contributed by atoms with van der Waals surface area (Å²) in [4.78, 5) is 9.62. The second-order valence-corrected chi connectivity index (χ2v) is 0.879. The zero-order valence-corrected chi connectivity index (χ0v) is 3.12. The maximum Gasteiger partial charge on any atom is 0.144 e. The van der Waals surface area contributed by atoms with Crippen molar-refractivity contribution < 1.29 is 4.79 Å². The van der Waals surface area contributed by atoms with Crippen molar-refractivity contribution in [2.45, 2.75) is 6.92 Å². The number of Topliss-reactive ketones (excluding diaryl/α,β-unsaturated/α-hetero) is 1. The number of ketones is 1. The highest BCUT2D eigenvalue weighted by molar-refractivity contribution is 5.77. The minimum Gasteiger partial charge on any atom is -0.299 e. The number of hydrogen-bond acceptors (Lipinski definition) is 1. The summed E-state index contributed by atoms with van der Waals surface area (Å²) in [7, 11) is 0. The summed E-state index contributed by atoms with van der Waals surface area (Å²) in [6, 6.07) is 0. The summed E-state index contributed by atoms with van der Waals surface area (Å²) < 4.78 is 0. The number of carbonyl (C=O) groups is 1. The van der Waals surface area contributed by atoms with E-state index in [1.54, 1.807) is 0 Å². The summed E-state index contributed by atoms with van der Waals surface area (Å²) >= 11 is 0. The third-order valence-electron chi connectivity index (χ3n) is 0.249. The average molecular weight is 72.1 g/mol. The Balaban J connectivity index is 2.85. The van der Waals surface area contributed by atoms with Gasteiger partial charge < -0.3 is 0 Å². The molecule has 0 spiro atoms. The average Bonchev–Trinajstić information content (AvgIpc) is 1.38. The topological polar surface area (TPSA) is 40.9 Å². The molecule has 5 heavy (non-hydrogen) atoms. The third-order valence-corrected chi connectivity index (χ3v) is 0.249. The van der Waals surface area contributed by atoms with E-state index in [-0.39, 0.29) is 12.3 Å². The molecule has 0 aromatic carbocycles. The number of rotatable bonds is 1. The van der Waals surface area contributed by atoms with Crippen molar-refractivity contribution in [2.75, 3.05) is 6.54 Å². The maximum atomic E-state index is 9.62. The molecular weight excluding hydrogens is 66.0 g/mol. The van der Waals surface area contributed by atoms with Crippen LogP contribution in [0.15, 0.2) is 0 Å². The van der Waals surface area contributed by atoms with Gasteiger partial charge in [-0.2, -0.15) is 0 Å². The molecule has 0 aliphatic heterocycles.